The van der Waals surface area contributed by atoms with E-state index in [4.69, 9.17) is 10.8 Å². The Balaban J connectivity index is 1.68. The van der Waals surface area contributed by atoms with Gasteiger partial charge in [-0.25, -0.2) is 4.79 Å². The zero-order valence-corrected chi connectivity index (χ0v) is 23.4. The second kappa shape index (κ2) is 15.9. The van der Waals surface area contributed by atoms with Crippen LogP contribution in [0.15, 0.2) is 54.4 Å². The molecule has 1 unspecified atom stereocenters. The van der Waals surface area contributed by atoms with Gasteiger partial charge >= 0.3 is 6.09 Å². The molecule has 1 aliphatic rings. The number of nitrogens with one attached hydrogen (secondary N) is 4. The molecule has 2 aromatic carbocycles. The fraction of sp³-hybridized carbons (Fsp3) is 0.448. The Morgan fingerprint density at radius 3 is 2.48 bits per heavy atom. The van der Waals surface area contributed by atoms with Crippen LogP contribution in [0.25, 0.3) is 10.8 Å². The molecule has 3 rings (SSSR count). The molecule has 3 atom stereocenters. The van der Waals surface area contributed by atoms with Crippen LogP contribution in [-0.2, 0) is 20.8 Å². The molecule has 0 spiro atoms. The molecule has 0 fully saturated rings. The standard InChI is InChI=1S/C29H39N5O5S/c30-13-4-3-10-24(34-29(38)39)27(36)14-21(17-40)28(37)33-25(15-22-16-31-18-32-22)26(35)12-11-20-8-5-7-19-6-1-2-9-23(19)20/h1-2,5-9,16,21,24-25,31-32,34,40H,3-4,10-15,17-18,30H2,(H,33,37)(H,38,39)/t21?,24-,25-/m0/s1. The van der Waals surface area contributed by atoms with Crippen LogP contribution >= 0.6 is 12.6 Å². The Hall–Kier alpha value is -3.57. The molecule has 1 aliphatic heterocycles. The van der Waals surface area contributed by atoms with Crippen LogP contribution in [0.5, 0.6) is 0 Å². The SMILES string of the molecule is NCCCC[C@H](NC(=O)O)C(=O)CC(CS)C(=O)N[C@@H](CC1=CNCN1)C(=O)CCc1cccc2ccccc12. The van der Waals surface area contributed by atoms with Gasteiger partial charge in [0.25, 0.3) is 0 Å². The van der Waals surface area contributed by atoms with Gasteiger partial charge in [-0.3, -0.25) is 14.4 Å². The molecule has 1 heterocycles. The van der Waals surface area contributed by atoms with Gasteiger partial charge in [0.1, 0.15) is 0 Å². The topological polar surface area (TPSA) is 163 Å². The maximum Gasteiger partial charge on any atom is 0.405 e. The second-order valence-electron chi connectivity index (χ2n) is 9.93. The predicted octanol–water partition coefficient (Wildman–Crippen LogP) is 2.48. The summed E-state index contributed by atoms with van der Waals surface area (Å²) in [5.74, 6) is -1.72. The summed E-state index contributed by atoms with van der Waals surface area (Å²) in [5, 5.41) is 22.6. The van der Waals surface area contributed by atoms with Crippen molar-refractivity contribution >= 4 is 47.0 Å². The lowest BCUT2D eigenvalue weighted by Gasteiger charge is -2.23. The predicted molar refractivity (Wildman–Crippen MR) is 158 cm³/mol. The highest BCUT2D eigenvalue weighted by molar-refractivity contribution is 7.80. The van der Waals surface area contributed by atoms with Gasteiger partial charge in [-0.15, -0.1) is 0 Å². The number of unbranched alkanes of at least 4 members (excludes halogenated alkanes) is 1. The van der Waals surface area contributed by atoms with E-state index in [1.165, 1.54) is 0 Å². The van der Waals surface area contributed by atoms with Crippen molar-refractivity contribution in [2.75, 3.05) is 19.0 Å². The quantitative estimate of drug-likeness (QED) is 0.113. The fourth-order valence-corrected chi connectivity index (χ4v) is 5.09. The van der Waals surface area contributed by atoms with Gasteiger partial charge < -0.3 is 32.1 Å². The minimum atomic E-state index is -1.30. The first-order chi connectivity index (χ1) is 19.3. The van der Waals surface area contributed by atoms with Crippen LogP contribution in [0.2, 0.25) is 0 Å². The van der Waals surface area contributed by atoms with E-state index in [1.54, 1.807) is 6.20 Å². The van der Waals surface area contributed by atoms with Crippen LogP contribution in [-0.4, -0.2) is 59.7 Å². The number of hydrogen-bond donors (Lipinski definition) is 7. The molecular weight excluding hydrogens is 530 g/mol. The summed E-state index contributed by atoms with van der Waals surface area (Å²) in [5.41, 5.74) is 7.37. The number of benzene rings is 2. The van der Waals surface area contributed by atoms with Crippen molar-refractivity contribution in [2.24, 2.45) is 11.7 Å². The van der Waals surface area contributed by atoms with Gasteiger partial charge in [0.05, 0.1) is 24.7 Å². The van der Waals surface area contributed by atoms with Crippen LogP contribution < -0.4 is 27.0 Å². The lowest BCUT2D eigenvalue weighted by Crippen LogP contribution is -2.47. The Kier molecular flexibility index (Phi) is 12.3. The maximum absolute atomic E-state index is 13.4. The number of thiol groups is 1. The number of fused-ring (bicyclic) bond motifs is 1. The number of carboxylic acid groups (broad SMARTS) is 1. The van der Waals surface area contributed by atoms with Crippen LogP contribution in [0.4, 0.5) is 4.79 Å². The van der Waals surface area contributed by atoms with Crippen LogP contribution in [0.1, 0.15) is 44.1 Å². The van der Waals surface area contributed by atoms with Crippen LogP contribution in [0.3, 0.4) is 0 Å². The van der Waals surface area contributed by atoms with Crippen molar-refractivity contribution in [2.45, 2.75) is 57.0 Å². The number of nitrogens with two attached hydrogens (primary N) is 1. The van der Waals surface area contributed by atoms with Gasteiger partial charge in [0.15, 0.2) is 11.6 Å². The molecule has 0 aliphatic carbocycles. The van der Waals surface area contributed by atoms with Crippen molar-refractivity contribution in [1.82, 2.24) is 21.3 Å². The Labute approximate surface area is 239 Å². The van der Waals surface area contributed by atoms with Crippen molar-refractivity contribution in [3.05, 3.63) is 59.9 Å². The van der Waals surface area contributed by atoms with Gasteiger partial charge in [0.2, 0.25) is 5.91 Å². The van der Waals surface area contributed by atoms with E-state index in [1.807, 2.05) is 42.5 Å². The van der Waals surface area contributed by atoms with Crippen molar-refractivity contribution in [1.29, 1.82) is 0 Å². The Bertz CT molecular complexity index is 1220. The van der Waals surface area contributed by atoms with Crippen LogP contribution in [0, 0.1) is 5.92 Å². The molecule has 40 heavy (non-hydrogen) atoms. The molecule has 2 aromatic rings. The molecule has 10 nitrogen and oxygen atoms in total. The molecule has 11 heteroatoms. The summed E-state index contributed by atoms with van der Waals surface area (Å²) in [6, 6.07) is 12.3. The number of amides is 2. The second-order valence-corrected chi connectivity index (χ2v) is 10.3. The monoisotopic (exact) mass is 569 g/mol. The molecular formula is C29H39N5O5S. The summed E-state index contributed by atoms with van der Waals surface area (Å²) in [6.07, 6.45) is 2.85. The number of carbonyl (C=O) groups is 4. The highest BCUT2D eigenvalue weighted by atomic mass is 32.1. The lowest BCUT2D eigenvalue weighted by molar-refractivity contribution is -0.132. The smallest absolute Gasteiger partial charge is 0.405 e. The third kappa shape index (κ3) is 9.27. The summed E-state index contributed by atoms with van der Waals surface area (Å²) >= 11 is 4.28. The number of carbonyl (C=O) groups excluding carboxylic acids is 3. The number of Topliss-reactive ketones (excluding diaryl/α,β-unsaturated/α-hetero) is 2. The van der Waals surface area contributed by atoms with Gasteiger partial charge in [-0.05, 0) is 48.6 Å². The number of hydrogen-bond acceptors (Lipinski definition) is 8. The first-order valence-corrected chi connectivity index (χ1v) is 14.2. The van der Waals surface area contributed by atoms with Gasteiger partial charge in [0, 0.05) is 36.9 Å². The normalized spacial score (nSPS) is 14.8. The van der Waals surface area contributed by atoms with Crippen molar-refractivity contribution in [3.8, 4) is 0 Å². The molecule has 0 saturated carbocycles. The molecule has 0 bridgehead atoms. The number of rotatable bonds is 17. The number of aryl methyl sites for hydroxylation is 1. The van der Waals surface area contributed by atoms with E-state index in [0.717, 1.165) is 22.0 Å². The highest BCUT2D eigenvalue weighted by Crippen LogP contribution is 2.21. The van der Waals surface area contributed by atoms with E-state index in [0.29, 0.717) is 38.9 Å². The molecule has 2 amide bonds. The third-order valence-corrected chi connectivity index (χ3v) is 7.46. The molecule has 0 saturated heterocycles. The number of ketones is 2. The summed E-state index contributed by atoms with van der Waals surface area (Å²) in [4.78, 5) is 50.9. The minimum Gasteiger partial charge on any atom is -0.465 e. The first kappa shape index (κ1) is 31.0. The van der Waals surface area contributed by atoms with Crippen molar-refractivity contribution in [3.63, 3.8) is 0 Å². The fourth-order valence-electron chi connectivity index (χ4n) is 4.80. The highest BCUT2D eigenvalue weighted by Gasteiger charge is 2.30. The maximum atomic E-state index is 13.4. The average Bonchev–Trinajstić information content (AvgIpc) is 3.46. The summed E-state index contributed by atoms with van der Waals surface area (Å²) < 4.78 is 0. The molecule has 0 radical (unpaired) electrons. The zero-order valence-electron chi connectivity index (χ0n) is 22.5. The summed E-state index contributed by atoms with van der Waals surface area (Å²) in [7, 11) is 0. The van der Waals surface area contributed by atoms with E-state index in [2.05, 4.69) is 33.9 Å². The first-order valence-electron chi connectivity index (χ1n) is 13.6. The summed E-state index contributed by atoms with van der Waals surface area (Å²) in [6.45, 7) is 0.975. The molecule has 216 valence electrons. The van der Waals surface area contributed by atoms with E-state index in [9.17, 15) is 19.2 Å². The van der Waals surface area contributed by atoms with E-state index >= 15 is 0 Å². The Morgan fingerprint density at radius 1 is 1.00 bits per heavy atom. The van der Waals surface area contributed by atoms with Gasteiger partial charge in [-0.2, -0.15) is 12.6 Å². The van der Waals surface area contributed by atoms with E-state index in [-0.39, 0.29) is 30.8 Å². The minimum absolute atomic E-state index is 0.0690. The molecule has 7 N–H and O–H groups in total. The average molecular weight is 570 g/mol. The largest absolute Gasteiger partial charge is 0.465 e. The Morgan fingerprint density at radius 2 is 1.77 bits per heavy atom. The van der Waals surface area contributed by atoms with Gasteiger partial charge in [-0.1, -0.05) is 42.5 Å². The van der Waals surface area contributed by atoms with Crippen molar-refractivity contribution < 1.29 is 24.3 Å². The van der Waals surface area contributed by atoms with E-state index < -0.39 is 35.8 Å². The third-order valence-electron chi connectivity index (χ3n) is 7.02. The lowest BCUT2D eigenvalue weighted by atomic mass is 9.94. The molecule has 0 aromatic heterocycles. The zero-order chi connectivity index (χ0) is 28.9.